The predicted molar refractivity (Wildman–Crippen MR) is 93.8 cm³/mol. The number of nitrogens with one attached hydrogen (secondary N) is 2. The number of aliphatic hydroxyl groups excluding tert-OH is 1. The molecule has 0 spiro atoms. The van der Waals surface area contributed by atoms with Gasteiger partial charge in [0.1, 0.15) is 17.9 Å². The summed E-state index contributed by atoms with van der Waals surface area (Å²) in [5, 5.41) is 15.9. The Balaban J connectivity index is 0.00000208. The van der Waals surface area contributed by atoms with Crippen molar-refractivity contribution in [1.82, 2.24) is 5.32 Å². The van der Waals surface area contributed by atoms with Gasteiger partial charge in [0.2, 0.25) is 5.91 Å². The number of ether oxygens (including phenoxy) is 2. The number of morpholine rings is 1. The smallest absolute Gasteiger partial charge is 0.243 e. The van der Waals surface area contributed by atoms with Gasteiger partial charge < -0.3 is 25.2 Å². The first-order valence-corrected chi connectivity index (χ1v) is 8.29. The van der Waals surface area contributed by atoms with E-state index >= 15 is 0 Å². The molecular weight excluding hydrogens is 332 g/mol. The van der Waals surface area contributed by atoms with Gasteiger partial charge in [0.05, 0.1) is 19.3 Å². The van der Waals surface area contributed by atoms with Crippen molar-refractivity contribution in [2.24, 2.45) is 0 Å². The molecule has 1 amide bonds. The minimum absolute atomic E-state index is 0. The average molecular weight is 357 g/mol. The molecule has 1 aromatic rings. The van der Waals surface area contributed by atoms with Gasteiger partial charge in [-0.25, -0.2) is 0 Å². The molecule has 1 aromatic carbocycles. The number of benzene rings is 1. The van der Waals surface area contributed by atoms with E-state index in [4.69, 9.17) is 9.47 Å². The largest absolute Gasteiger partial charge is 0.488 e. The molecule has 1 saturated heterocycles. The summed E-state index contributed by atoms with van der Waals surface area (Å²) < 4.78 is 11.1. The zero-order chi connectivity index (χ0) is 16.1. The summed E-state index contributed by atoms with van der Waals surface area (Å²) in [5.74, 6) is 0.620. The van der Waals surface area contributed by atoms with Crippen LogP contribution in [0.3, 0.4) is 0 Å². The Bertz CT molecular complexity index is 520. The quantitative estimate of drug-likeness (QED) is 0.765. The number of hydrogen-bond donors (Lipinski definition) is 3. The number of halogens is 1. The fourth-order valence-corrected chi connectivity index (χ4v) is 2.97. The van der Waals surface area contributed by atoms with Gasteiger partial charge in [-0.2, -0.15) is 0 Å². The second-order valence-corrected chi connectivity index (χ2v) is 6.10. The fraction of sp³-hybridized carbons (Fsp3) is 0.588. The first kappa shape index (κ1) is 19.0. The highest BCUT2D eigenvalue weighted by Crippen LogP contribution is 2.24. The summed E-state index contributed by atoms with van der Waals surface area (Å²) in [5.41, 5.74) is 0.721. The van der Waals surface area contributed by atoms with Crippen molar-refractivity contribution in [2.75, 3.05) is 25.1 Å². The monoisotopic (exact) mass is 356 g/mol. The molecule has 134 valence electrons. The van der Waals surface area contributed by atoms with Crippen molar-refractivity contribution in [3.8, 4) is 5.75 Å². The molecule has 2 aliphatic rings. The molecule has 3 rings (SSSR count). The van der Waals surface area contributed by atoms with E-state index in [0.717, 1.165) is 31.4 Å². The van der Waals surface area contributed by atoms with Gasteiger partial charge in [-0.05, 0) is 43.5 Å². The van der Waals surface area contributed by atoms with Crippen molar-refractivity contribution >= 4 is 24.0 Å². The Morgan fingerprint density at radius 3 is 2.67 bits per heavy atom. The molecule has 6 nitrogen and oxygen atoms in total. The summed E-state index contributed by atoms with van der Waals surface area (Å²) >= 11 is 0. The number of hydrogen-bond acceptors (Lipinski definition) is 5. The first-order valence-electron chi connectivity index (χ1n) is 8.29. The van der Waals surface area contributed by atoms with E-state index in [9.17, 15) is 9.90 Å². The lowest BCUT2D eigenvalue weighted by molar-refractivity contribution is -0.120. The average Bonchev–Trinajstić information content (AvgIpc) is 2.59. The number of aliphatic hydroxyl groups is 1. The van der Waals surface area contributed by atoms with Crippen LogP contribution in [0.4, 0.5) is 5.69 Å². The Labute approximate surface area is 148 Å². The third-order valence-electron chi connectivity index (χ3n) is 4.32. The van der Waals surface area contributed by atoms with E-state index < -0.39 is 0 Å². The minimum atomic E-state index is -0.388. The molecule has 24 heavy (non-hydrogen) atoms. The summed E-state index contributed by atoms with van der Waals surface area (Å²) in [6, 6.07) is 6.96. The highest BCUT2D eigenvalue weighted by Gasteiger charge is 2.25. The van der Waals surface area contributed by atoms with Gasteiger partial charge in [-0.15, -0.1) is 12.4 Å². The fourth-order valence-electron chi connectivity index (χ4n) is 2.97. The number of rotatable bonds is 4. The van der Waals surface area contributed by atoms with E-state index in [1.807, 2.05) is 24.3 Å². The number of carbonyl (C=O) groups excluding carboxylic acids is 1. The third-order valence-corrected chi connectivity index (χ3v) is 4.32. The van der Waals surface area contributed by atoms with Crippen LogP contribution in [0.1, 0.15) is 25.7 Å². The van der Waals surface area contributed by atoms with Crippen LogP contribution in [0.5, 0.6) is 5.75 Å². The summed E-state index contributed by atoms with van der Waals surface area (Å²) in [6.45, 7) is 1.73. The van der Waals surface area contributed by atoms with Crippen LogP contribution in [0, 0.1) is 0 Å². The Hall–Kier alpha value is -1.34. The summed E-state index contributed by atoms with van der Waals surface area (Å²) in [4.78, 5) is 12.1. The van der Waals surface area contributed by atoms with Crippen LogP contribution < -0.4 is 15.4 Å². The zero-order valence-corrected chi connectivity index (χ0v) is 14.4. The molecule has 3 N–H and O–H groups in total. The molecule has 1 aliphatic heterocycles. The van der Waals surface area contributed by atoms with Crippen molar-refractivity contribution < 1.29 is 19.4 Å². The number of amides is 1. The highest BCUT2D eigenvalue weighted by molar-refractivity contribution is 5.95. The number of carbonyl (C=O) groups is 1. The maximum Gasteiger partial charge on any atom is 0.243 e. The Morgan fingerprint density at radius 1 is 1.25 bits per heavy atom. The van der Waals surface area contributed by atoms with Gasteiger partial charge in [0.15, 0.2) is 0 Å². The van der Waals surface area contributed by atoms with Gasteiger partial charge in [-0.3, -0.25) is 4.79 Å². The molecule has 3 unspecified atom stereocenters. The molecule has 3 atom stereocenters. The molecule has 7 heteroatoms. The predicted octanol–water partition coefficient (Wildman–Crippen LogP) is 1.72. The molecule has 0 radical (unpaired) electrons. The van der Waals surface area contributed by atoms with Crippen LogP contribution in [0.2, 0.25) is 0 Å². The van der Waals surface area contributed by atoms with E-state index in [0.29, 0.717) is 25.5 Å². The van der Waals surface area contributed by atoms with Crippen LogP contribution in [0.25, 0.3) is 0 Å². The lowest BCUT2D eigenvalue weighted by Gasteiger charge is -2.28. The second-order valence-electron chi connectivity index (χ2n) is 6.10. The summed E-state index contributed by atoms with van der Waals surface area (Å²) in [6.07, 6.45) is 3.31. The van der Waals surface area contributed by atoms with Crippen LogP contribution >= 0.6 is 12.4 Å². The van der Waals surface area contributed by atoms with Crippen molar-refractivity contribution in [3.63, 3.8) is 0 Å². The van der Waals surface area contributed by atoms with Gasteiger partial charge >= 0.3 is 0 Å². The maximum atomic E-state index is 12.1. The molecule has 1 heterocycles. The van der Waals surface area contributed by atoms with Crippen molar-refractivity contribution in [3.05, 3.63) is 24.3 Å². The maximum absolute atomic E-state index is 12.1. The van der Waals surface area contributed by atoms with Crippen molar-refractivity contribution in [2.45, 2.75) is 43.9 Å². The molecule has 1 aliphatic carbocycles. The lowest BCUT2D eigenvalue weighted by Crippen LogP contribution is -2.48. The van der Waals surface area contributed by atoms with E-state index in [-0.39, 0.29) is 36.6 Å². The topological polar surface area (TPSA) is 79.8 Å². The normalized spacial score (nSPS) is 27.0. The van der Waals surface area contributed by atoms with Crippen LogP contribution in [-0.2, 0) is 9.53 Å². The van der Waals surface area contributed by atoms with E-state index in [2.05, 4.69) is 10.6 Å². The van der Waals surface area contributed by atoms with E-state index in [1.54, 1.807) is 0 Å². The van der Waals surface area contributed by atoms with Crippen molar-refractivity contribution in [1.29, 1.82) is 0 Å². The highest BCUT2D eigenvalue weighted by atomic mass is 35.5. The lowest BCUT2D eigenvalue weighted by atomic mass is 9.95. The molecule has 0 bridgehead atoms. The van der Waals surface area contributed by atoms with Crippen LogP contribution in [0.15, 0.2) is 24.3 Å². The van der Waals surface area contributed by atoms with Gasteiger partial charge in [0, 0.05) is 12.2 Å². The summed E-state index contributed by atoms with van der Waals surface area (Å²) in [7, 11) is 0. The van der Waals surface area contributed by atoms with E-state index in [1.165, 1.54) is 0 Å². The molecule has 0 aromatic heterocycles. The molecule has 2 fully saturated rings. The SMILES string of the molecule is Cl.O=C(Nc1ccc(OC2CCCCC2O)cc1)C1COCCN1. The first-order chi connectivity index (χ1) is 11.2. The number of anilines is 1. The molecule has 1 saturated carbocycles. The van der Waals surface area contributed by atoms with Crippen LogP contribution in [-0.4, -0.2) is 49.0 Å². The molecular formula is C17H25ClN2O4. The standard InChI is InChI=1S/C17H24N2O4.ClH/c20-15-3-1-2-4-16(15)23-13-7-5-12(6-8-13)19-17(21)14-11-22-10-9-18-14;/h5-8,14-16,18,20H,1-4,9-11H2,(H,19,21);1H. The Morgan fingerprint density at radius 2 is 2.00 bits per heavy atom. The van der Waals surface area contributed by atoms with Gasteiger partial charge in [-0.1, -0.05) is 6.42 Å². The zero-order valence-electron chi connectivity index (χ0n) is 13.6. The van der Waals surface area contributed by atoms with Gasteiger partial charge in [0.25, 0.3) is 0 Å². The third kappa shape index (κ3) is 5.08. The minimum Gasteiger partial charge on any atom is -0.488 e. The Kier molecular flexibility index (Phi) is 7.30. The second kappa shape index (κ2) is 9.22.